The van der Waals surface area contributed by atoms with Gasteiger partial charge in [0.15, 0.2) is 0 Å². The third kappa shape index (κ3) is 3.61. The zero-order valence-corrected chi connectivity index (χ0v) is 11.4. The second-order valence-corrected chi connectivity index (χ2v) is 7.43. The van der Waals surface area contributed by atoms with Crippen LogP contribution in [0.25, 0.3) is 0 Å². The van der Waals surface area contributed by atoms with Gasteiger partial charge in [0.1, 0.15) is 5.75 Å². The molecule has 0 aliphatic carbocycles. The van der Waals surface area contributed by atoms with E-state index in [1.54, 1.807) is 6.26 Å². The molecule has 0 N–H and O–H groups in total. The van der Waals surface area contributed by atoms with E-state index in [4.69, 9.17) is 20.6 Å². The molecule has 17 heavy (non-hydrogen) atoms. The van der Waals surface area contributed by atoms with Crippen LogP contribution in [0.1, 0.15) is 0 Å². The van der Waals surface area contributed by atoms with Crippen molar-refractivity contribution in [2.45, 2.75) is 0 Å². The van der Waals surface area contributed by atoms with E-state index in [0.29, 0.717) is 0 Å². The number of benzene rings is 1. The molecule has 0 amide bonds. The largest absolute Gasteiger partial charge is 0.439 e. The molecule has 1 atom stereocenters. The molecule has 6 nitrogen and oxygen atoms in total. The summed E-state index contributed by atoms with van der Waals surface area (Å²) in [5.74, 6) is 0.0804. The Kier molecular flexibility index (Phi) is 4.82. The van der Waals surface area contributed by atoms with E-state index in [0.717, 1.165) is 17.4 Å². The minimum atomic E-state index is -3.31. The van der Waals surface area contributed by atoms with Crippen molar-refractivity contribution in [1.29, 1.82) is 0 Å². The quantitative estimate of drug-likeness (QED) is 0.468. The molecule has 0 radical (unpaired) electrons. The van der Waals surface area contributed by atoms with E-state index in [1.165, 1.54) is 19.2 Å². The van der Waals surface area contributed by atoms with Crippen molar-refractivity contribution in [3.63, 3.8) is 0 Å². The molecule has 9 heteroatoms. The molecule has 1 aromatic carbocycles. The Hall–Kier alpha value is -0.750. The number of halogens is 1. The summed E-state index contributed by atoms with van der Waals surface area (Å²) < 4.78 is 21.7. The Morgan fingerprint density at radius 2 is 2.18 bits per heavy atom. The standard InChI is InChI=1S/C8H9ClNO5PS/c1-14-16(13,17-2)15-8-4-3-6(10(11)12)5-7(8)9/h3-5H,1-2H3. The molecule has 0 aromatic heterocycles. The summed E-state index contributed by atoms with van der Waals surface area (Å²) in [6.45, 7) is -3.31. The number of nitro groups is 1. The molecule has 1 aromatic rings. The first-order valence-corrected chi connectivity index (χ1v) is 8.02. The van der Waals surface area contributed by atoms with Crippen LogP contribution in [0.4, 0.5) is 5.69 Å². The molecule has 0 fully saturated rings. The van der Waals surface area contributed by atoms with Crippen molar-refractivity contribution >= 4 is 35.5 Å². The van der Waals surface area contributed by atoms with Crippen LogP contribution in [0.15, 0.2) is 18.2 Å². The number of hydrogen-bond donors (Lipinski definition) is 0. The fourth-order valence-electron chi connectivity index (χ4n) is 0.947. The highest BCUT2D eigenvalue weighted by atomic mass is 35.5. The van der Waals surface area contributed by atoms with E-state index < -0.39 is 11.7 Å². The van der Waals surface area contributed by atoms with Crippen LogP contribution in [0.5, 0.6) is 5.75 Å². The van der Waals surface area contributed by atoms with Gasteiger partial charge >= 0.3 is 6.80 Å². The Labute approximate surface area is 107 Å². The van der Waals surface area contributed by atoms with Gasteiger partial charge in [-0.25, -0.2) is 4.57 Å². The fourth-order valence-corrected chi connectivity index (χ4v) is 2.82. The van der Waals surface area contributed by atoms with Gasteiger partial charge in [-0.05, 0) is 23.7 Å². The minimum Gasteiger partial charge on any atom is -0.415 e. The van der Waals surface area contributed by atoms with Gasteiger partial charge in [0.05, 0.1) is 9.95 Å². The average molecular weight is 298 g/mol. The maximum Gasteiger partial charge on any atom is 0.439 e. The summed E-state index contributed by atoms with van der Waals surface area (Å²) in [6.07, 6.45) is 1.56. The van der Waals surface area contributed by atoms with E-state index in [-0.39, 0.29) is 16.5 Å². The van der Waals surface area contributed by atoms with E-state index in [1.807, 2.05) is 0 Å². The normalized spacial score (nSPS) is 14.1. The fraction of sp³-hybridized carbons (Fsp3) is 0.250. The van der Waals surface area contributed by atoms with Crippen LogP contribution in [-0.4, -0.2) is 18.3 Å². The molecule has 1 rings (SSSR count). The molecule has 0 heterocycles. The molecule has 0 saturated heterocycles. The van der Waals surface area contributed by atoms with Crippen molar-refractivity contribution in [2.24, 2.45) is 0 Å². The van der Waals surface area contributed by atoms with Gasteiger partial charge in [-0.15, -0.1) is 0 Å². The lowest BCUT2D eigenvalue weighted by Gasteiger charge is -2.14. The molecular weight excluding hydrogens is 289 g/mol. The minimum absolute atomic E-state index is 0.00512. The summed E-state index contributed by atoms with van der Waals surface area (Å²) in [7, 11) is 1.25. The topological polar surface area (TPSA) is 78.7 Å². The SMILES string of the molecule is COP(=O)(Oc1ccc([N+](=O)[O-])cc1Cl)SC. The highest BCUT2D eigenvalue weighted by Crippen LogP contribution is 2.58. The molecule has 0 aliphatic rings. The summed E-state index contributed by atoms with van der Waals surface area (Å²) in [6, 6.07) is 3.61. The van der Waals surface area contributed by atoms with Crippen LogP contribution in [0.3, 0.4) is 0 Å². The average Bonchev–Trinajstić information content (AvgIpc) is 2.31. The van der Waals surface area contributed by atoms with Crippen LogP contribution in [-0.2, 0) is 9.09 Å². The third-order valence-electron chi connectivity index (χ3n) is 1.78. The van der Waals surface area contributed by atoms with Gasteiger partial charge in [0.2, 0.25) is 0 Å². The molecule has 1 unspecified atom stereocenters. The van der Waals surface area contributed by atoms with Crippen molar-refractivity contribution in [3.8, 4) is 5.75 Å². The van der Waals surface area contributed by atoms with Crippen molar-refractivity contribution in [3.05, 3.63) is 33.3 Å². The van der Waals surface area contributed by atoms with E-state index in [2.05, 4.69) is 0 Å². The van der Waals surface area contributed by atoms with E-state index >= 15 is 0 Å². The second-order valence-electron chi connectivity index (χ2n) is 2.78. The number of non-ortho nitro benzene ring substituents is 1. The lowest BCUT2D eigenvalue weighted by atomic mass is 10.3. The van der Waals surface area contributed by atoms with Gasteiger partial charge in [-0.2, -0.15) is 0 Å². The molecule has 0 aliphatic heterocycles. The maximum absolute atomic E-state index is 11.8. The summed E-state index contributed by atoms with van der Waals surface area (Å²) in [5.41, 5.74) is -0.168. The predicted octanol–water partition coefficient (Wildman–Crippen LogP) is 3.74. The van der Waals surface area contributed by atoms with Crippen LogP contribution >= 0.6 is 29.8 Å². The summed E-state index contributed by atoms with van der Waals surface area (Å²) in [4.78, 5) is 9.90. The van der Waals surface area contributed by atoms with Gasteiger partial charge in [-0.3, -0.25) is 14.6 Å². The zero-order chi connectivity index (χ0) is 13.1. The maximum atomic E-state index is 11.8. The molecular formula is C8H9ClNO5PS. The molecule has 0 bridgehead atoms. The first-order valence-electron chi connectivity index (χ1n) is 4.27. The highest BCUT2D eigenvalue weighted by molar-refractivity contribution is 8.54. The third-order valence-corrected chi connectivity index (χ3v) is 5.41. The predicted molar refractivity (Wildman–Crippen MR) is 66.9 cm³/mol. The number of nitro benzene ring substituents is 1. The van der Waals surface area contributed by atoms with Crippen molar-refractivity contribution in [1.82, 2.24) is 0 Å². The smallest absolute Gasteiger partial charge is 0.415 e. The highest BCUT2D eigenvalue weighted by Gasteiger charge is 2.25. The molecule has 0 spiro atoms. The van der Waals surface area contributed by atoms with Gasteiger partial charge < -0.3 is 4.52 Å². The Morgan fingerprint density at radius 1 is 1.53 bits per heavy atom. The number of nitrogens with zero attached hydrogens (tertiary/aromatic N) is 1. The Morgan fingerprint density at radius 3 is 2.59 bits per heavy atom. The second kappa shape index (κ2) is 5.73. The zero-order valence-electron chi connectivity index (χ0n) is 8.95. The molecule has 94 valence electrons. The first-order chi connectivity index (χ1) is 7.91. The monoisotopic (exact) mass is 297 g/mol. The van der Waals surface area contributed by atoms with Crippen LogP contribution in [0.2, 0.25) is 5.02 Å². The van der Waals surface area contributed by atoms with E-state index in [9.17, 15) is 14.7 Å². The van der Waals surface area contributed by atoms with Gasteiger partial charge in [0.25, 0.3) is 5.69 Å². The van der Waals surface area contributed by atoms with Crippen molar-refractivity contribution < 1.29 is 18.5 Å². The number of hydrogen-bond acceptors (Lipinski definition) is 6. The molecule has 0 saturated carbocycles. The van der Waals surface area contributed by atoms with Gasteiger partial charge in [0, 0.05) is 19.2 Å². The Balaban J connectivity index is 3.01. The van der Waals surface area contributed by atoms with Crippen LogP contribution < -0.4 is 4.52 Å². The lowest BCUT2D eigenvalue weighted by Crippen LogP contribution is -1.93. The lowest BCUT2D eigenvalue weighted by molar-refractivity contribution is -0.384. The van der Waals surface area contributed by atoms with Crippen LogP contribution in [0, 0.1) is 10.1 Å². The van der Waals surface area contributed by atoms with Crippen molar-refractivity contribution in [2.75, 3.05) is 13.4 Å². The summed E-state index contributed by atoms with van der Waals surface area (Å²) >= 11 is 6.68. The van der Waals surface area contributed by atoms with Gasteiger partial charge in [-0.1, -0.05) is 11.6 Å². The number of rotatable bonds is 5. The Bertz CT molecular complexity index is 475. The first kappa shape index (κ1) is 14.3. The summed E-state index contributed by atoms with van der Waals surface area (Å²) in [5, 5.41) is 10.5.